The predicted molar refractivity (Wildman–Crippen MR) is 93.7 cm³/mol. The zero-order valence-corrected chi connectivity index (χ0v) is 14.2. The zero-order chi connectivity index (χ0) is 17.1. The molecule has 124 valence electrons. The zero-order valence-electron chi connectivity index (χ0n) is 12.6. The van der Waals surface area contributed by atoms with Gasteiger partial charge in [-0.3, -0.25) is 4.79 Å². The highest BCUT2D eigenvalue weighted by Gasteiger charge is 2.23. The number of halogens is 2. The first-order chi connectivity index (χ1) is 11.5. The Bertz CT molecular complexity index is 776. The van der Waals surface area contributed by atoms with Gasteiger partial charge in [0.2, 0.25) is 0 Å². The van der Waals surface area contributed by atoms with Crippen LogP contribution in [0.4, 0.5) is 20.6 Å². The van der Waals surface area contributed by atoms with E-state index in [-0.39, 0.29) is 17.6 Å². The van der Waals surface area contributed by atoms with Crippen molar-refractivity contribution < 1.29 is 14.0 Å². The topological polar surface area (TPSA) is 70.2 Å². The number of amides is 3. The summed E-state index contributed by atoms with van der Waals surface area (Å²) in [6.45, 7) is 0. The Kier molecular flexibility index (Phi) is 4.80. The van der Waals surface area contributed by atoms with E-state index in [1.54, 1.807) is 24.3 Å². The van der Waals surface area contributed by atoms with Gasteiger partial charge in [0, 0.05) is 21.9 Å². The fourth-order valence-electron chi connectivity index (χ4n) is 2.09. The van der Waals surface area contributed by atoms with Crippen LogP contribution in [0, 0.1) is 5.82 Å². The second kappa shape index (κ2) is 7.00. The number of hydrogen-bond acceptors (Lipinski definition) is 2. The molecule has 0 bridgehead atoms. The van der Waals surface area contributed by atoms with E-state index in [0.29, 0.717) is 15.8 Å². The molecule has 2 aromatic carbocycles. The van der Waals surface area contributed by atoms with Gasteiger partial charge in [-0.1, -0.05) is 0 Å². The van der Waals surface area contributed by atoms with E-state index in [9.17, 15) is 14.0 Å². The predicted octanol–water partition coefficient (Wildman–Crippen LogP) is 4.12. The summed E-state index contributed by atoms with van der Waals surface area (Å²) in [5, 5.41) is 8.23. The van der Waals surface area contributed by atoms with Crippen molar-refractivity contribution in [2.24, 2.45) is 0 Å². The van der Waals surface area contributed by atoms with Crippen LogP contribution in [0.3, 0.4) is 0 Å². The normalized spacial score (nSPS) is 13.2. The molecule has 1 saturated carbocycles. The molecule has 0 saturated heterocycles. The molecule has 1 aliphatic rings. The first-order valence-corrected chi connectivity index (χ1v) is 8.24. The van der Waals surface area contributed by atoms with Gasteiger partial charge < -0.3 is 16.0 Å². The Hall–Kier alpha value is -2.41. The average Bonchev–Trinajstić information content (AvgIpc) is 3.35. The molecule has 0 atom stereocenters. The monoisotopic (exact) mass is 391 g/mol. The molecule has 0 spiro atoms. The fourth-order valence-corrected chi connectivity index (χ4v) is 2.51. The number of hydrogen-bond donors (Lipinski definition) is 3. The Morgan fingerprint density at radius 2 is 1.62 bits per heavy atom. The molecule has 2 aromatic rings. The number of carbonyl (C=O) groups is 2. The highest BCUT2D eigenvalue weighted by Crippen LogP contribution is 2.21. The maximum Gasteiger partial charge on any atom is 0.319 e. The van der Waals surface area contributed by atoms with Gasteiger partial charge in [-0.2, -0.15) is 0 Å². The van der Waals surface area contributed by atoms with Gasteiger partial charge in [-0.25, -0.2) is 9.18 Å². The third-order valence-corrected chi connectivity index (χ3v) is 4.18. The summed E-state index contributed by atoms with van der Waals surface area (Å²) in [5.41, 5.74) is 1.38. The molecule has 7 heteroatoms. The van der Waals surface area contributed by atoms with Crippen molar-refractivity contribution in [1.82, 2.24) is 5.32 Å². The minimum atomic E-state index is -0.482. The van der Waals surface area contributed by atoms with E-state index in [0.717, 1.165) is 18.9 Å². The van der Waals surface area contributed by atoms with Crippen LogP contribution in [0.2, 0.25) is 0 Å². The Balaban J connectivity index is 1.61. The highest BCUT2D eigenvalue weighted by atomic mass is 79.9. The van der Waals surface area contributed by atoms with Gasteiger partial charge in [-0.05, 0) is 71.2 Å². The first-order valence-electron chi connectivity index (χ1n) is 7.45. The Morgan fingerprint density at radius 1 is 1.00 bits per heavy atom. The number of benzene rings is 2. The van der Waals surface area contributed by atoms with Crippen LogP contribution in [0.25, 0.3) is 0 Å². The Labute approximate surface area is 146 Å². The second-order valence-electron chi connectivity index (χ2n) is 5.53. The minimum absolute atomic E-state index is 0.209. The van der Waals surface area contributed by atoms with E-state index in [1.807, 2.05) is 0 Å². The van der Waals surface area contributed by atoms with E-state index >= 15 is 0 Å². The number of urea groups is 1. The summed E-state index contributed by atoms with van der Waals surface area (Å²) in [5.74, 6) is -0.905. The molecule has 1 aliphatic carbocycles. The van der Waals surface area contributed by atoms with Crippen LogP contribution in [0.15, 0.2) is 46.9 Å². The molecule has 0 radical (unpaired) electrons. The van der Waals surface area contributed by atoms with Gasteiger partial charge in [0.15, 0.2) is 0 Å². The van der Waals surface area contributed by atoms with Crippen LogP contribution in [0.1, 0.15) is 23.2 Å². The van der Waals surface area contributed by atoms with Crippen molar-refractivity contribution in [3.63, 3.8) is 0 Å². The molecule has 0 aliphatic heterocycles. The largest absolute Gasteiger partial charge is 0.335 e. The molecule has 0 unspecified atom stereocenters. The van der Waals surface area contributed by atoms with Crippen molar-refractivity contribution in [2.75, 3.05) is 10.6 Å². The quantitative estimate of drug-likeness (QED) is 0.733. The van der Waals surface area contributed by atoms with Crippen molar-refractivity contribution in [2.45, 2.75) is 18.9 Å². The standard InChI is InChI=1S/C17H15BrFN3O2/c18-15-8-1-10(19)9-14(15)16(23)20-11-2-4-12(5-3-11)21-17(24)22-13-6-7-13/h1-5,8-9,13H,6-7H2,(H,20,23)(H2,21,22,24). The molecule has 0 aromatic heterocycles. The number of carbonyl (C=O) groups excluding carboxylic acids is 2. The van der Waals surface area contributed by atoms with Crippen LogP contribution in [-0.4, -0.2) is 18.0 Å². The number of anilines is 2. The van der Waals surface area contributed by atoms with E-state index in [1.165, 1.54) is 12.1 Å². The lowest BCUT2D eigenvalue weighted by Crippen LogP contribution is -2.30. The van der Waals surface area contributed by atoms with Gasteiger partial charge in [0.05, 0.1) is 5.56 Å². The molecular weight excluding hydrogens is 377 g/mol. The summed E-state index contributed by atoms with van der Waals surface area (Å²) >= 11 is 3.23. The Morgan fingerprint density at radius 3 is 2.25 bits per heavy atom. The smallest absolute Gasteiger partial charge is 0.319 e. The van der Waals surface area contributed by atoms with E-state index in [2.05, 4.69) is 31.9 Å². The van der Waals surface area contributed by atoms with Crippen LogP contribution < -0.4 is 16.0 Å². The summed E-state index contributed by atoms with van der Waals surface area (Å²) in [4.78, 5) is 23.8. The van der Waals surface area contributed by atoms with Gasteiger partial charge in [0.25, 0.3) is 5.91 Å². The lowest BCUT2D eigenvalue weighted by Gasteiger charge is -2.09. The molecule has 3 rings (SSSR count). The third-order valence-electron chi connectivity index (χ3n) is 3.49. The molecule has 1 fully saturated rings. The van der Waals surface area contributed by atoms with Crippen molar-refractivity contribution in [3.05, 3.63) is 58.3 Å². The second-order valence-corrected chi connectivity index (χ2v) is 6.38. The average molecular weight is 392 g/mol. The fraction of sp³-hybridized carbons (Fsp3) is 0.176. The minimum Gasteiger partial charge on any atom is -0.335 e. The number of rotatable bonds is 4. The summed E-state index contributed by atoms with van der Waals surface area (Å²) in [6.07, 6.45) is 2.04. The molecule has 0 heterocycles. The first kappa shape index (κ1) is 16.4. The lowest BCUT2D eigenvalue weighted by atomic mass is 10.2. The molecule has 3 amide bonds. The maximum atomic E-state index is 13.3. The maximum absolute atomic E-state index is 13.3. The van der Waals surface area contributed by atoms with Gasteiger partial charge in [-0.15, -0.1) is 0 Å². The van der Waals surface area contributed by atoms with Crippen LogP contribution in [0.5, 0.6) is 0 Å². The van der Waals surface area contributed by atoms with Crippen LogP contribution >= 0.6 is 15.9 Å². The third kappa shape index (κ3) is 4.32. The van der Waals surface area contributed by atoms with Gasteiger partial charge >= 0.3 is 6.03 Å². The highest BCUT2D eigenvalue weighted by molar-refractivity contribution is 9.10. The van der Waals surface area contributed by atoms with E-state index in [4.69, 9.17) is 0 Å². The van der Waals surface area contributed by atoms with E-state index < -0.39 is 11.7 Å². The summed E-state index contributed by atoms with van der Waals surface area (Å²) in [6, 6.07) is 10.7. The molecule has 24 heavy (non-hydrogen) atoms. The van der Waals surface area contributed by atoms with Gasteiger partial charge in [0.1, 0.15) is 5.82 Å². The van der Waals surface area contributed by atoms with Crippen molar-refractivity contribution in [1.29, 1.82) is 0 Å². The molecular formula is C17H15BrFN3O2. The van der Waals surface area contributed by atoms with Crippen LogP contribution in [-0.2, 0) is 0 Å². The number of nitrogens with one attached hydrogen (secondary N) is 3. The van der Waals surface area contributed by atoms with Crippen molar-refractivity contribution >= 4 is 39.2 Å². The molecule has 5 nitrogen and oxygen atoms in total. The van der Waals surface area contributed by atoms with Crippen molar-refractivity contribution in [3.8, 4) is 0 Å². The summed E-state index contributed by atoms with van der Waals surface area (Å²) in [7, 11) is 0. The molecule has 3 N–H and O–H groups in total. The SMILES string of the molecule is O=C(Nc1ccc(NC(=O)c2cc(F)ccc2Br)cc1)NC1CC1. The summed E-state index contributed by atoms with van der Waals surface area (Å²) < 4.78 is 13.8. The lowest BCUT2D eigenvalue weighted by molar-refractivity contribution is 0.102.